The van der Waals surface area contributed by atoms with Crippen molar-refractivity contribution in [3.63, 3.8) is 0 Å². The number of imide groups is 1. The van der Waals surface area contributed by atoms with Crippen molar-refractivity contribution < 1.29 is 29.3 Å². The molecule has 20 heavy (non-hydrogen) atoms. The Bertz CT molecular complexity index is 418. The Hall–Kier alpha value is -0.740. The Morgan fingerprint density at radius 1 is 1.60 bits per heavy atom. The van der Waals surface area contributed by atoms with Crippen LogP contribution in [0.2, 0.25) is 0 Å². The molecule has 5 unspecified atom stereocenters. The Kier molecular flexibility index (Phi) is 4.35. The van der Waals surface area contributed by atoms with Gasteiger partial charge in [0.25, 0.3) is 0 Å². The predicted molar refractivity (Wildman–Crippen MR) is 69.9 cm³/mol. The van der Waals surface area contributed by atoms with Crippen LogP contribution < -0.4 is 5.32 Å². The molecular formula is C11H17BrN2O6. The number of hydrogen-bond donors (Lipinski definition) is 3. The lowest BCUT2D eigenvalue weighted by atomic mass is 10.0. The third kappa shape index (κ3) is 2.44. The van der Waals surface area contributed by atoms with Crippen LogP contribution in [0.3, 0.4) is 0 Å². The Morgan fingerprint density at radius 2 is 2.25 bits per heavy atom. The summed E-state index contributed by atoms with van der Waals surface area (Å²) in [6.07, 6.45) is -3.18. The van der Waals surface area contributed by atoms with Crippen LogP contribution in [0, 0.1) is 0 Å². The number of ether oxygens (including phenoxy) is 2. The van der Waals surface area contributed by atoms with Gasteiger partial charge in [-0.25, -0.2) is 4.79 Å². The van der Waals surface area contributed by atoms with Gasteiger partial charge in [0.05, 0.1) is 12.7 Å². The molecule has 0 aromatic carbocycles. The number of nitrogens with one attached hydrogen (secondary N) is 1. The quantitative estimate of drug-likeness (QED) is 0.570. The summed E-state index contributed by atoms with van der Waals surface area (Å²) >= 11 is 3.25. The van der Waals surface area contributed by atoms with Crippen molar-refractivity contribution in [1.29, 1.82) is 0 Å². The number of amides is 3. The van der Waals surface area contributed by atoms with Gasteiger partial charge < -0.3 is 19.7 Å². The number of aliphatic hydroxyl groups is 2. The van der Waals surface area contributed by atoms with Crippen molar-refractivity contribution in [3.05, 3.63) is 0 Å². The van der Waals surface area contributed by atoms with Gasteiger partial charge in [0.2, 0.25) is 5.91 Å². The number of carbonyl (C=O) groups excluding carboxylic acids is 2. The molecule has 2 aliphatic rings. The summed E-state index contributed by atoms with van der Waals surface area (Å²) in [6.45, 7) is 1.22. The van der Waals surface area contributed by atoms with Gasteiger partial charge in [-0.2, -0.15) is 0 Å². The van der Waals surface area contributed by atoms with Gasteiger partial charge in [-0.05, 0) is 6.92 Å². The number of nitrogens with zero attached hydrogens (tertiary/aromatic N) is 1. The average molecular weight is 353 g/mol. The second-order valence-electron chi connectivity index (χ2n) is 4.95. The molecule has 8 nitrogen and oxygen atoms in total. The van der Waals surface area contributed by atoms with Crippen LogP contribution in [0.15, 0.2) is 0 Å². The number of urea groups is 1. The number of alkyl halides is 1. The molecule has 0 aliphatic carbocycles. The molecule has 5 atom stereocenters. The molecule has 3 N–H and O–H groups in total. The summed E-state index contributed by atoms with van der Waals surface area (Å²) < 4.78 is 9.56. The van der Waals surface area contributed by atoms with E-state index in [9.17, 15) is 14.7 Å². The molecule has 0 aromatic heterocycles. The van der Waals surface area contributed by atoms with Crippen molar-refractivity contribution in [3.8, 4) is 0 Å². The largest absolute Gasteiger partial charge is 0.394 e. The Balaban J connectivity index is 2.25. The highest BCUT2D eigenvalue weighted by Gasteiger charge is 2.54. The molecule has 0 spiro atoms. The zero-order valence-corrected chi connectivity index (χ0v) is 12.7. The maximum Gasteiger partial charge on any atom is 0.328 e. The van der Waals surface area contributed by atoms with Crippen LogP contribution in [0.4, 0.5) is 4.79 Å². The molecule has 114 valence electrons. The van der Waals surface area contributed by atoms with E-state index in [0.29, 0.717) is 0 Å². The van der Waals surface area contributed by atoms with Gasteiger partial charge in [-0.1, -0.05) is 15.9 Å². The molecule has 2 aliphatic heterocycles. The van der Waals surface area contributed by atoms with E-state index in [4.69, 9.17) is 14.6 Å². The fourth-order valence-electron chi connectivity index (χ4n) is 2.43. The number of rotatable bonds is 3. The lowest BCUT2D eigenvalue weighted by molar-refractivity contribution is -0.153. The van der Waals surface area contributed by atoms with E-state index < -0.39 is 40.9 Å². The van der Waals surface area contributed by atoms with Crippen molar-refractivity contribution in [2.75, 3.05) is 13.7 Å². The van der Waals surface area contributed by atoms with Crippen LogP contribution in [0.25, 0.3) is 0 Å². The molecule has 2 fully saturated rings. The van der Waals surface area contributed by atoms with Crippen molar-refractivity contribution in [1.82, 2.24) is 10.2 Å². The molecule has 0 radical (unpaired) electrons. The fraction of sp³-hybridized carbons (Fsp3) is 0.818. The zero-order valence-electron chi connectivity index (χ0n) is 11.1. The van der Waals surface area contributed by atoms with E-state index in [1.54, 1.807) is 6.92 Å². The normalized spacial score (nSPS) is 42.0. The summed E-state index contributed by atoms with van der Waals surface area (Å²) in [4.78, 5) is 25.1. The minimum atomic E-state index is -1.14. The number of halogens is 1. The van der Waals surface area contributed by atoms with Crippen LogP contribution in [-0.4, -0.2) is 69.8 Å². The summed E-state index contributed by atoms with van der Waals surface area (Å²) in [5, 5.41) is 21.0. The van der Waals surface area contributed by atoms with Crippen LogP contribution in [0.1, 0.15) is 13.3 Å². The van der Waals surface area contributed by atoms with E-state index in [1.165, 1.54) is 12.0 Å². The topological polar surface area (TPSA) is 108 Å². The standard InChI is InChI=1S/C11H17BrN2O6/c1-11(12)8(17)13-10(18)14(9(11)19-2)7-3-5(16)6(4-15)20-7/h5-7,9,15-16H,3-4H2,1-2H3,(H,13,17,18). The predicted octanol–water partition coefficient (Wildman–Crippen LogP) is -0.867. The minimum absolute atomic E-state index is 0.135. The maximum atomic E-state index is 12.0. The van der Waals surface area contributed by atoms with Crippen molar-refractivity contribution in [2.45, 2.75) is 42.3 Å². The molecule has 3 amide bonds. The monoisotopic (exact) mass is 352 g/mol. The second kappa shape index (κ2) is 5.57. The molecule has 0 bridgehead atoms. The lowest BCUT2D eigenvalue weighted by Crippen LogP contribution is -2.69. The van der Waals surface area contributed by atoms with Gasteiger partial charge in [0.15, 0.2) is 6.23 Å². The van der Waals surface area contributed by atoms with E-state index in [2.05, 4.69) is 21.2 Å². The fourth-order valence-corrected chi connectivity index (χ4v) is 2.94. The van der Waals surface area contributed by atoms with Gasteiger partial charge in [0, 0.05) is 13.5 Å². The molecule has 0 saturated carbocycles. The molecule has 0 aromatic rings. The third-order valence-electron chi connectivity index (χ3n) is 3.53. The minimum Gasteiger partial charge on any atom is -0.394 e. The van der Waals surface area contributed by atoms with E-state index in [1.807, 2.05) is 0 Å². The van der Waals surface area contributed by atoms with Crippen LogP contribution in [0.5, 0.6) is 0 Å². The number of hydrogen-bond acceptors (Lipinski definition) is 6. The van der Waals surface area contributed by atoms with E-state index >= 15 is 0 Å². The van der Waals surface area contributed by atoms with Crippen molar-refractivity contribution >= 4 is 27.9 Å². The van der Waals surface area contributed by atoms with Crippen LogP contribution in [-0.2, 0) is 14.3 Å². The Morgan fingerprint density at radius 3 is 2.75 bits per heavy atom. The third-order valence-corrected chi connectivity index (χ3v) is 4.28. The number of methoxy groups -OCH3 is 1. The Labute approximate surface area is 124 Å². The molecule has 2 rings (SSSR count). The second-order valence-corrected chi connectivity index (χ2v) is 6.59. The summed E-state index contributed by atoms with van der Waals surface area (Å²) in [6, 6.07) is -0.658. The molecule has 9 heteroatoms. The van der Waals surface area contributed by atoms with Crippen molar-refractivity contribution in [2.24, 2.45) is 0 Å². The highest BCUT2D eigenvalue weighted by atomic mass is 79.9. The number of aliphatic hydroxyl groups excluding tert-OH is 2. The van der Waals surface area contributed by atoms with E-state index in [-0.39, 0.29) is 13.0 Å². The molecule has 2 heterocycles. The molecular weight excluding hydrogens is 336 g/mol. The highest BCUT2D eigenvalue weighted by Crippen LogP contribution is 2.35. The molecule has 2 saturated heterocycles. The lowest BCUT2D eigenvalue weighted by Gasteiger charge is -2.44. The summed E-state index contributed by atoms with van der Waals surface area (Å²) in [5.41, 5.74) is 0. The first-order valence-corrected chi connectivity index (χ1v) is 6.92. The van der Waals surface area contributed by atoms with Gasteiger partial charge in [-0.15, -0.1) is 0 Å². The first kappa shape index (κ1) is 15.6. The SMILES string of the molecule is COC1N(C2CC(O)C(CO)O2)C(=O)NC(=O)C1(C)Br. The van der Waals surface area contributed by atoms with Crippen LogP contribution >= 0.6 is 15.9 Å². The highest BCUT2D eigenvalue weighted by molar-refractivity contribution is 9.10. The first-order valence-electron chi connectivity index (χ1n) is 6.12. The maximum absolute atomic E-state index is 12.0. The van der Waals surface area contributed by atoms with Gasteiger partial charge in [0.1, 0.15) is 16.7 Å². The van der Waals surface area contributed by atoms with Gasteiger partial charge in [-0.3, -0.25) is 15.0 Å². The van der Waals surface area contributed by atoms with E-state index in [0.717, 1.165) is 0 Å². The average Bonchev–Trinajstić information content (AvgIpc) is 2.74. The number of carbonyl (C=O) groups is 2. The van der Waals surface area contributed by atoms with Gasteiger partial charge >= 0.3 is 6.03 Å². The summed E-state index contributed by atoms with van der Waals surface area (Å²) in [7, 11) is 1.37. The first-order chi connectivity index (χ1) is 9.32. The smallest absolute Gasteiger partial charge is 0.328 e. The summed E-state index contributed by atoms with van der Waals surface area (Å²) in [5.74, 6) is -0.511. The zero-order chi connectivity index (χ0) is 15.1.